The minimum atomic E-state index is 0.746. The maximum atomic E-state index is 5.40. The van der Waals surface area contributed by atoms with E-state index in [1.165, 1.54) is 0 Å². The van der Waals surface area contributed by atoms with Crippen LogP contribution in [0.5, 0.6) is 0 Å². The van der Waals surface area contributed by atoms with Gasteiger partial charge in [0, 0.05) is 18.9 Å². The lowest BCUT2D eigenvalue weighted by Crippen LogP contribution is -2.20. The Kier molecular flexibility index (Phi) is 5.25. The zero-order chi connectivity index (χ0) is 10.2. The van der Waals surface area contributed by atoms with E-state index < -0.39 is 0 Å². The summed E-state index contributed by atoms with van der Waals surface area (Å²) < 4.78 is 2.19. The molecule has 0 aliphatic heterocycles. The molecule has 0 aliphatic carbocycles. The monoisotopic (exact) mass is 196 g/mol. The van der Waals surface area contributed by atoms with Gasteiger partial charge in [-0.2, -0.15) is 0 Å². The molecular formula is C10H20N4. The van der Waals surface area contributed by atoms with E-state index in [4.69, 9.17) is 5.73 Å². The average Bonchev–Trinajstić information content (AvgIpc) is 2.61. The van der Waals surface area contributed by atoms with E-state index in [1.807, 2.05) is 12.4 Å². The maximum absolute atomic E-state index is 5.40. The molecule has 0 saturated carbocycles. The fourth-order valence-corrected chi connectivity index (χ4v) is 1.38. The fourth-order valence-electron chi connectivity index (χ4n) is 1.38. The SMILES string of the molecule is CCCn1ccnc1CNCCCN. The van der Waals surface area contributed by atoms with Gasteiger partial charge in [0.25, 0.3) is 0 Å². The second-order valence-corrected chi connectivity index (χ2v) is 3.36. The van der Waals surface area contributed by atoms with Crippen LogP contribution in [0.25, 0.3) is 0 Å². The molecule has 1 heterocycles. The number of nitrogens with one attached hydrogen (secondary N) is 1. The smallest absolute Gasteiger partial charge is 0.122 e. The van der Waals surface area contributed by atoms with Gasteiger partial charge in [-0.05, 0) is 25.9 Å². The summed E-state index contributed by atoms with van der Waals surface area (Å²) in [4.78, 5) is 4.30. The fraction of sp³-hybridized carbons (Fsp3) is 0.700. The predicted molar refractivity (Wildman–Crippen MR) is 57.9 cm³/mol. The minimum Gasteiger partial charge on any atom is -0.334 e. The van der Waals surface area contributed by atoms with Gasteiger partial charge >= 0.3 is 0 Å². The lowest BCUT2D eigenvalue weighted by atomic mass is 10.4. The summed E-state index contributed by atoms with van der Waals surface area (Å²) in [6.45, 7) is 5.78. The number of imidazole rings is 1. The molecule has 0 amide bonds. The number of hydrogen-bond acceptors (Lipinski definition) is 3. The molecule has 14 heavy (non-hydrogen) atoms. The Hall–Kier alpha value is -0.870. The summed E-state index contributed by atoms with van der Waals surface area (Å²) in [6, 6.07) is 0. The highest BCUT2D eigenvalue weighted by Crippen LogP contribution is 1.98. The molecule has 80 valence electrons. The molecule has 0 bridgehead atoms. The highest BCUT2D eigenvalue weighted by Gasteiger charge is 1.99. The Bertz CT molecular complexity index is 244. The van der Waals surface area contributed by atoms with Crippen LogP contribution in [0, 0.1) is 0 Å². The van der Waals surface area contributed by atoms with Gasteiger partial charge in [-0.3, -0.25) is 0 Å². The van der Waals surface area contributed by atoms with Gasteiger partial charge < -0.3 is 15.6 Å². The Morgan fingerprint density at radius 1 is 1.57 bits per heavy atom. The number of nitrogens with two attached hydrogens (primary N) is 1. The zero-order valence-corrected chi connectivity index (χ0v) is 8.87. The van der Waals surface area contributed by atoms with Crippen molar-refractivity contribution in [2.75, 3.05) is 13.1 Å². The average molecular weight is 196 g/mol. The van der Waals surface area contributed by atoms with Gasteiger partial charge in [0.2, 0.25) is 0 Å². The first-order valence-corrected chi connectivity index (χ1v) is 5.29. The van der Waals surface area contributed by atoms with Crippen LogP contribution in [-0.2, 0) is 13.1 Å². The predicted octanol–water partition coefficient (Wildman–Crippen LogP) is 0.732. The lowest BCUT2D eigenvalue weighted by molar-refractivity contribution is 0.580. The van der Waals surface area contributed by atoms with Crippen molar-refractivity contribution in [2.24, 2.45) is 5.73 Å². The summed E-state index contributed by atoms with van der Waals surface area (Å²) in [5, 5.41) is 3.32. The summed E-state index contributed by atoms with van der Waals surface area (Å²) in [5.74, 6) is 1.11. The van der Waals surface area contributed by atoms with Gasteiger partial charge in [0.1, 0.15) is 5.82 Å². The zero-order valence-electron chi connectivity index (χ0n) is 8.87. The molecule has 1 aromatic rings. The van der Waals surface area contributed by atoms with E-state index in [-0.39, 0.29) is 0 Å². The van der Waals surface area contributed by atoms with Crippen molar-refractivity contribution in [1.29, 1.82) is 0 Å². The number of rotatable bonds is 7. The van der Waals surface area contributed by atoms with Crippen molar-refractivity contribution < 1.29 is 0 Å². The van der Waals surface area contributed by atoms with Gasteiger partial charge in [-0.1, -0.05) is 6.92 Å². The molecule has 0 spiro atoms. The molecule has 3 N–H and O–H groups in total. The molecule has 4 nitrogen and oxygen atoms in total. The van der Waals surface area contributed by atoms with Gasteiger partial charge in [0.05, 0.1) is 6.54 Å². The van der Waals surface area contributed by atoms with E-state index in [1.54, 1.807) is 0 Å². The molecule has 0 atom stereocenters. The summed E-state index contributed by atoms with van der Waals surface area (Å²) >= 11 is 0. The summed E-state index contributed by atoms with van der Waals surface area (Å²) in [5.41, 5.74) is 5.40. The number of hydrogen-bond donors (Lipinski definition) is 2. The van der Waals surface area contributed by atoms with Gasteiger partial charge in [0.15, 0.2) is 0 Å². The lowest BCUT2D eigenvalue weighted by Gasteiger charge is -2.06. The van der Waals surface area contributed by atoms with Crippen LogP contribution < -0.4 is 11.1 Å². The molecule has 4 heteroatoms. The standard InChI is InChI=1S/C10H20N4/c1-2-7-14-8-6-13-10(14)9-12-5-3-4-11/h6,8,12H,2-5,7,9,11H2,1H3. The Morgan fingerprint density at radius 2 is 2.43 bits per heavy atom. The second-order valence-electron chi connectivity index (χ2n) is 3.36. The number of aryl methyl sites for hydroxylation is 1. The number of nitrogens with zero attached hydrogens (tertiary/aromatic N) is 2. The first-order chi connectivity index (χ1) is 6.88. The van der Waals surface area contributed by atoms with Crippen LogP contribution in [0.15, 0.2) is 12.4 Å². The first-order valence-electron chi connectivity index (χ1n) is 5.29. The quantitative estimate of drug-likeness (QED) is 0.632. The van der Waals surface area contributed by atoms with Crippen LogP contribution in [0.2, 0.25) is 0 Å². The third kappa shape index (κ3) is 3.47. The van der Waals surface area contributed by atoms with Crippen molar-refractivity contribution in [2.45, 2.75) is 32.9 Å². The van der Waals surface area contributed by atoms with Gasteiger partial charge in [-0.15, -0.1) is 0 Å². The van der Waals surface area contributed by atoms with E-state index >= 15 is 0 Å². The van der Waals surface area contributed by atoms with E-state index in [0.29, 0.717) is 0 Å². The summed E-state index contributed by atoms with van der Waals surface area (Å²) in [6.07, 6.45) is 6.06. The maximum Gasteiger partial charge on any atom is 0.122 e. The van der Waals surface area contributed by atoms with E-state index in [0.717, 1.165) is 44.8 Å². The molecule has 1 aromatic heterocycles. The third-order valence-corrected chi connectivity index (χ3v) is 2.11. The molecule has 0 saturated heterocycles. The van der Waals surface area contributed by atoms with Crippen LogP contribution in [-0.4, -0.2) is 22.6 Å². The molecule has 0 fully saturated rings. The highest BCUT2D eigenvalue weighted by atomic mass is 15.1. The van der Waals surface area contributed by atoms with Gasteiger partial charge in [-0.25, -0.2) is 4.98 Å². The molecular weight excluding hydrogens is 176 g/mol. The van der Waals surface area contributed by atoms with Crippen molar-refractivity contribution in [3.05, 3.63) is 18.2 Å². The topological polar surface area (TPSA) is 55.9 Å². The van der Waals surface area contributed by atoms with Crippen molar-refractivity contribution in [3.8, 4) is 0 Å². The molecule has 0 unspecified atom stereocenters. The summed E-state index contributed by atoms with van der Waals surface area (Å²) in [7, 11) is 0. The van der Waals surface area contributed by atoms with Crippen molar-refractivity contribution in [3.63, 3.8) is 0 Å². The number of aromatic nitrogens is 2. The Labute approximate surface area is 85.5 Å². The van der Waals surface area contributed by atoms with Crippen LogP contribution in [0.3, 0.4) is 0 Å². The molecule has 1 rings (SSSR count). The van der Waals surface area contributed by atoms with Crippen LogP contribution in [0.4, 0.5) is 0 Å². The second kappa shape index (κ2) is 6.56. The normalized spacial score (nSPS) is 10.7. The van der Waals surface area contributed by atoms with Crippen LogP contribution >= 0.6 is 0 Å². The van der Waals surface area contributed by atoms with E-state index in [2.05, 4.69) is 21.8 Å². The largest absolute Gasteiger partial charge is 0.334 e. The third-order valence-electron chi connectivity index (χ3n) is 2.11. The Morgan fingerprint density at radius 3 is 3.14 bits per heavy atom. The first kappa shape index (κ1) is 11.2. The van der Waals surface area contributed by atoms with Crippen molar-refractivity contribution in [1.82, 2.24) is 14.9 Å². The van der Waals surface area contributed by atoms with Crippen molar-refractivity contribution >= 4 is 0 Å². The molecule has 0 aromatic carbocycles. The molecule has 0 aliphatic rings. The minimum absolute atomic E-state index is 0.746. The Balaban J connectivity index is 2.30. The van der Waals surface area contributed by atoms with E-state index in [9.17, 15) is 0 Å². The molecule has 0 radical (unpaired) electrons. The van der Waals surface area contributed by atoms with Crippen LogP contribution in [0.1, 0.15) is 25.6 Å². The highest BCUT2D eigenvalue weighted by molar-refractivity contribution is 4.91.